The maximum Gasteiger partial charge on any atom is 0.123 e. The Kier molecular flexibility index (Phi) is 7.51. The lowest BCUT2D eigenvalue weighted by Gasteiger charge is -2.10. The Morgan fingerprint density at radius 1 is 0.724 bits per heavy atom. The SMILES string of the molecule is Clc1cccc(Cl)c1COc1cccc(-c2ccccc2)c1.Nc1ccccn1. The van der Waals surface area contributed by atoms with Crippen LogP contribution in [0.1, 0.15) is 5.56 Å². The van der Waals surface area contributed by atoms with Gasteiger partial charge in [-0.25, -0.2) is 4.98 Å². The van der Waals surface area contributed by atoms with Crippen molar-refractivity contribution >= 4 is 29.0 Å². The number of hydrogen-bond donors (Lipinski definition) is 1. The van der Waals surface area contributed by atoms with Gasteiger partial charge in [0.05, 0.1) is 0 Å². The summed E-state index contributed by atoms with van der Waals surface area (Å²) in [5.74, 6) is 1.36. The quantitative estimate of drug-likeness (QED) is 0.388. The summed E-state index contributed by atoms with van der Waals surface area (Å²) < 4.78 is 5.85. The molecule has 0 aliphatic carbocycles. The van der Waals surface area contributed by atoms with E-state index in [1.807, 2.05) is 66.7 Å². The van der Waals surface area contributed by atoms with Crippen LogP contribution in [-0.4, -0.2) is 4.98 Å². The second kappa shape index (κ2) is 10.5. The minimum absolute atomic E-state index is 0.344. The second-order valence-electron chi connectivity index (χ2n) is 6.14. The molecule has 0 saturated carbocycles. The summed E-state index contributed by atoms with van der Waals surface area (Å²) in [6.07, 6.45) is 1.66. The highest BCUT2D eigenvalue weighted by molar-refractivity contribution is 6.35. The number of benzene rings is 3. The molecule has 1 heterocycles. The van der Waals surface area contributed by atoms with Crippen LogP contribution in [0.5, 0.6) is 5.75 Å². The first-order valence-corrected chi connectivity index (χ1v) is 9.77. The Morgan fingerprint density at radius 2 is 1.38 bits per heavy atom. The van der Waals surface area contributed by atoms with Gasteiger partial charge >= 0.3 is 0 Å². The van der Waals surface area contributed by atoms with Gasteiger partial charge in [-0.05, 0) is 47.5 Å². The summed E-state index contributed by atoms with van der Waals surface area (Å²) >= 11 is 12.3. The van der Waals surface area contributed by atoms with Crippen molar-refractivity contribution in [1.82, 2.24) is 4.98 Å². The molecule has 0 radical (unpaired) electrons. The average molecular weight is 423 g/mol. The van der Waals surface area contributed by atoms with Crippen molar-refractivity contribution in [3.63, 3.8) is 0 Å². The Hall–Kier alpha value is -3.01. The van der Waals surface area contributed by atoms with E-state index in [1.54, 1.807) is 12.3 Å². The first-order valence-electron chi connectivity index (χ1n) is 9.01. The topological polar surface area (TPSA) is 48.1 Å². The summed E-state index contributed by atoms with van der Waals surface area (Å²) in [6, 6.07) is 29.0. The minimum atomic E-state index is 0.344. The molecule has 0 saturated heterocycles. The Morgan fingerprint density at radius 3 is 2.00 bits per heavy atom. The molecular weight excluding hydrogens is 403 g/mol. The molecule has 5 heteroatoms. The van der Waals surface area contributed by atoms with Gasteiger partial charge < -0.3 is 10.5 Å². The summed E-state index contributed by atoms with van der Waals surface area (Å²) in [7, 11) is 0. The lowest BCUT2D eigenvalue weighted by molar-refractivity contribution is 0.306. The molecule has 0 spiro atoms. The normalized spacial score (nSPS) is 10.0. The molecule has 29 heavy (non-hydrogen) atoms. The van der Waals surface area contributed by atoms with Crippen LogP contribution in [-0.2, 0) is 6.61 Å². The highest BCUT2D eigenvalue weighted by atomic mass is 35.5. The van der Waals surface area contributed by atoms with Crippen molar-refractivity contribution in [2.24, 2.45) is 0 Å². The number of rotatable bonds is 4. The lowest BCUT2D eigenvalue weighted by Crippen LogP contribution is -1.97. The molecule has 146 valence electrons. The number of anilines is 1. The Balaban J connectivity index is 0.000000290. The third-order valence-corrected chi connectivity index (χ3v) is 4.78. The highest BCUT2D eigenvalue weighted by Gasteiger charge is 2.07. The summed E-state index contributed by atoms with van der Waals surface area (Å²) in [5.41, 5.74) is 8.32. The van der Waals surface area contributed by atoms with Gasteiger partial charge in [0, 0.05) is 21.8 Å². The van der Waals surface area contributed by atoms with Crippen LogP contribution in [0.15, 0.2) is 97.2 Å². The van der Waals surface area contributed by atoms with Crippen LogP contribution in [0, 0.1) is 0 Å². The zero-order chi connectivity index (χ0) is 20.5. The molecule has 3 aromatic carbocycles. The number of nitrogen functional groups attached to an aromatic ring is 1. The van der Waals surface area contributed by atoms with Crippen molar-refractivity contribution in [2.75, 3.05) is 5.73 Å². The van der Waals surface area contributed by atoms with Gasteiger partial charge in [0.25, 0.3) is 0 Å². The monoisotopic (exact) mass is 422 g/mol. The van der Waals surface area contributed by atoms with Crippen LogP contribution in [0.4, 0.5) is 5.82 Å². The van der Waals surface area contributed by atoms with Gasteiger partial charge in [-0.1, -0.05) is 77.8 Å². The van der Waals surface area contributed by atoms with Gasteiger partial charge in [0.1, 0.15) is 18.2 Å². The van der Waals surface area contributed by atoms with Gasteiger partial charge in [0.15, 0.2) is 0 Å². The number of nitrogens with zero attached hydrogens (tertiary/aromatic N) is 1. The summed E-state index contributed by atoms with van der Waals surface area (Å²) in [6.45, 7) is 0.344. The molecule has 0 bridgehead atoms. The van der Waals surface area contributed by atoms with Gasteiger partial charge in [0.2, 0.25) is 0 Å². The molecule has 0 fully saturated rings. The predicted molar refractivity (Wildman–Crippen MR) is 121 cm³/mol. The fourth-order valence-corrected chi connectivity index (χ4v) is 3.10. The fourth-order valence-electron chi connectivity index (χ4n) is 2.60. The molecule has 4 aromatic rings. The third kappa shape index (κ3) is 6.24. The molecule has 1 aromatic heterocycles. The Bertz CT molecular complexity index is 1020. The zero-order valence-corrected chi connectivity index (χ0v) is 17.1. The number of aromatic nitrogens is 1. The Labute approximate surface area is 180 Å². The van der Waals surface area contributed by atoms with E-state index >= 15 is 0 Å². The number of pyridine rings is 1. The van der Waals surface area contributed by atoms with Crippen LogP contribution in [0.25, 0.3) is 11.1 Å². The molecule has 0 amide bonds. The molecule has 0 atom stereocenters. The van der Waals surface area contributed by atoms with Crippen LogP contribution in [0.3, 0.4) is 0 Å². The van der Waals surface area contributed by atoms with Crippen molar-refractivity contribution in [3.8, 4) is 16.9 Å². The van der Waals surface area contributed by atoms with E-state index in [9.17, 15) is 0 Å². The number of hydrogen-bond acceptors (Lipinski definition) is 3. The lowest BCUT2D eigenvalue weighted by atomic mass is 10.1. The molecular formula is C24H20Cl2N2O. The van der Waals surface area contributed by atoms with Gasteiger partial charge in [-0.15, -0.1) is 0 Å². The van der Waals surface area contributed by atoms with Crippen LogP contribution < -0.4 is 10.5 Å². The van der Waals surface area contributed by atoms with Gasteiger partial charge in [-0.2, -0.15) is 0 Å². The minimum Gasteiger partial charge on any atom is -0.489 e. The standard InChI is InChI=1S/C19H14Cl2O.C5H6N2/c20-18-10-5-11-19(21)17(18)13-22-16-9-4-8-15(12-16)14-6-2-1-3-7-14;6-5-3-1-2-4-7-5/h1-12H,13H2;1-4H,(H2,6,7). The van der Waals surface area contributed by atoms with Gasteiger partial charge in [-0.3, -0.25) is 0 Å². The van der Waals surface area contributed by atoms with E-state index in [2.05, 4.69) is 23.2 Å². The number of nitrogens with two attached hydrogens (primary N) is 1. The molecule has 0 unspecified atom stereocenters. The molecule has 3 nitrogen and oxygen atoms in total. The number of ether oxygens (including phenoxy) is 1. The first kappa shape index (κ1) is 20.7. The van der Waals surface area contributed by atoms with E-state index < -0.39 is 0 Å². The third-order valence-electron chi connectivity index (χ3n) is 4.07. The van der Waals surface area contributed by atoms with E-state index in [4.69, 9.17) is 33.7 Å². The van der Waals surface area contributed by atoms with Crippen molar-refractivity contribution in [3.05, 3.63) is 113 Å². The molecule has 0 aliphatic rings. The molecule has 4 rings (SSSR count). The van der Waals surface area contributed by atoms with E-state index in [0.717, 1.165) is 22.4 Å². The second-order valence-corrected chi connectivity index (χ2v) is 6.95. The smallest absolute Gasteiger partial charge is 0.123 e. The van der Waals surface area contributed by atoms with Crippen LogP contribution in [0.2, 0.25) is 10.0 Å². The number of halogens is 2. The van der Waals surface area contributed by atoms with Crippen molar-refractivity contribution in [2.45, 2.75) is 6.61 Å². The first-order chi connectivity index (χ1) is 14.1. The molecule has 2 N–H and O–H groups in total. The summed E-state index contributed by atoms with van der Waals surface area (Å²) in [4.78, 5) is 3.76. The predicted octanol–water partition coefficient (Wildman–Crippen LogP) is 6.90. The molecule has 0 aliphatic heterocycles. The maximum absolute atomic E-state index is 6.16. The van der Waals surface area contributed by atoms with E-state index in [1.165, 1.54) is 0 Å². The highest BCUT2D eigenvalue weighted by Crippen LogP contribution is 2.28. The fraction of sp³-hybridized carbons (Fsp3) is 0.0417. The van der Waals surface area contributed by atoms with Crippen molar-refractivity contribution < 1.29 is 4.74 Å². The van der Waals surface area contributed by atoms with Crippen LogP contribution >= 0.6 is 23.2 Å². The summed E-state index contributed by atoms with van der Waals surface area (Å²) in [5, 5.41) is 1.23. The van der Waals surface area contributed by atoms with Crippen molar-refractivity contribution in [1.29, 1.82) is 0 Å². The largest absolute Gasteiger partial charge is 0.489 e. The van der Waals surface area contributed by atoms with E-state index in [-0.39, 0.29) is 0 Å². The average Bonchev–Trinajstić information content (AvgIpc) is 2.75. The zero-order valence-electron chi connectivity index (χ0n) is 15.6. The van der Waals surface area contributed by atoms with E-state index in [0.29, 0.717) is 22.5 Å². The maximum atomic E-state index is 6.16.